The number of hydrogen-bond acceptors (Lipinski definition) is 1. The van der Waals surface area contributed by atoms with Gasteiger partial charge in [-0.3, -0.25) is 8.32 Å². The van der Waals surface area contributed by atoms with Gasteiger partial charge in [-0.1, -0.05) is 6.07 Å². The van der Waals surface area contributed by atoms with Crippen LogP contribution in [0, 0.1) is 0 Å². The van der Waals surface area contributed by atoms with E-state index in [1.807, 2.05) is 0 Å². The molecule has 0 heterocycles. The largest absolute Gasteiger partial charge is 0.416 e. The van der Waals surface area contributed by atoms with Gasteiger partial charge in [0.1, 0.15) is 0 Å². The van der Waals surface area contributed by atoms with Gasteiger partial charge in [0.15, 0.2) is 0 Å². The van der Waals surface area contributed by atoms with Crippen molar-refractivity contribution in [1.29, 1.82) is 0 Å². The van der Waals surface area contributed by atoms with Crippen LogP contribution in [0.25, 0.3) is 0 Å². The van der Waals surface area contributed by atoms with Crippen LogP contribution in [0.5, 0.6) is 0 Å². The summed E-state index contributed by atoms with van der Waals surface area (Å²) in [4.78, 5) is 11.0. The molecule has 6 heteroatoms. The number of halogens is 4. The molecule has 1 aromatic rings. The van der Waals surface area contributed by atoms with Crippen molar-refractivity contribution < 1.29 is 18.0 Å². The molecule has 1 aromatic carbocycles. The fourth-order valence-corrected chi connectivity index (χ4v) is 1.20. The Morgan fingerprint density at radius 1 is 1.36 bits per heavy atom. The van der Waals surface area contributed by atoms with Crippen molar-refractivity contribution in [3.63, 3.8) is 0 Å². The fourth-order valence-electron chi connectivity index (χ4n) is 0.891. The van der Waals surface area contributed by atoms with E-state index in [1.165, 1.54) is 12.1 Å². The molecule has 1 N–H and O–H groups in total. The van der Waals surface area contributed by atoms with Crippen molar-refractivity contribution >= 4 is 28.8 Å². The van der Waals surface area contributed by atoms with Crippen LogP contribution in [0.15, 0.2) is 24.3 Å². The van der Waals surface area contributed by atoms with Gasteiger partial charge in [0, 0.05) is 5.56 Å². The number of rotatable bonds is 1. The molecule has 0 aliphatic heterocycles. The van der Waals surface area contributed by atoms with Crippen molar-refractivity contribution in [2.75, 3.05) is 0 Å². The van der Waals surface area contributed by atoms with E-state index in [4.69, 9.17) is 0 Å². The van der Waals surface area contributed by atoms with Crippen LogP contribution in [0.1, 0.15) is 15.9 Å². The zero-order valence-electron chi connectivity index (χ0n) is 6.73. The molecule has 0 spiro atoms. The first-order valence-electron chi connectivity index (χ1n) is 3.53. The minimum absolute atomic E-state index is 0.00535. The predicted molar refractivity (Wildman–Crippen MR) is 52.9 cm³/mol. The third-order valence-corrected chi connectivity index (χ3v) is 2.03. The van der Waals surface area contributed by atoms with Gasteiger partial charge in [-0.25, -0.2) is 0 Å². The normalized spacial score (nSPS) is 11.1. The second-order valence-electron chi connectivity index (χ2n) is 2.50. The van der Waals surface area contributed by atoms with E-state index in [1.54, 1.807) is 22.9 Å². The van der Waals surface area contributed by atoms with E-state index in [2.05, 4.69) is 3.53 Å². The van der Waals surface area contributed by atoms with Gasteiger partial charge < -0.3 is 0 Å². The summed E-state index contributed by atoms with van der Waals surface area (Å²) < 4.78 is 38.8. The first-order valence-corrected chi connectivity index (χ1v) is 4.61. The second kappa shape index (κ2) is 4.16. The van der Waals surface area contributed by atoms with Crippen molar-refractivity contribution in [2.24, 2.45) is 0 Å². The molecule has 2 nitrogen and oxygen atoms in total. The summed E-state index contributed by atoms with van der Waals surface area (Å²) >= 11 is 1.57. The summed E-state index contributed by atoms with van der Waals surface area (Å²) in [7, 11) is 0. The lowest BCUT2D eigenvalue weighted by molar-refractivity contribution is -0.137. The van der Waals surface area contributed by atoms with E-state index >= 15 is 0 Å². The summed E-state index contributed by atoms with van der Waals surface area (Å²) in [6.45, 7) is 0. The summed E-state index contributed by atoms with van der Waals surface area (Å²) in [6, 6.07) is 4.26. The molecule has 0 bridgehead atoms. The lowest BCUT2D eigenvalue weighted by atomic mass is 10.1. The van der Waals surface area contributed by atoms with E-state index in [0.717, 1.165) is 12.1 Å². The standard InChI is InChI=1S/C8H5F3INO/c9-8(10,11)6-3-1-2-5(4-6)7(14)13-12/h1-4H,(H,13,14). The van der Waals surface area contributed by atoms with Crippen LogP contribution in [0.2, 0.25) is 0 Å². The maximum atomic E-state index is 12.2. The molecule has 0 unspecified atom stereocenters. The van der Waals surface area contributed by atoms with Crippen molar-refractivity contribution in [3.05, 3.63) is 35.4 Å². The monoisotopic (exact) mass is 315 g/mol. The van der Waals surface area contributed by atoms with Crippen LogP contribution in [-0.2, 0) is 6.18 Å². The maximum absolute atomic E-state index is 12.2. The lowest BCUT2D eigenvalue weighted by Crippen LogP contribution is -2.13. The summed E-state index contributed by atoms with van der Waals surface area (Å²) in [5.74, 6) is -0.545. The molecule has 0 aliphatic rings. The lowest BCUT2D eigenvalue weighted by Gasteiger charge is -2.07. The summed E-state index contributed by atoms with van der Waals surface area (Å²) in [5.41, 5.74) is -0.829. The molecule has 0 fully saturated rings. The van der Waals surface area contributed by atoms with Gasteiger partial charge in [-0.15, -0.1) is 0 Å². The van der Waals surface area contributed by atoms with Crippen molar-refractivity contribution in [1.82, 2.24) is 3.53 Å². The van der Waals surface area contributed by atoms with Gasteiger partial charge in [0.2, 0.25) is 0 Å². The predicted octanol–water partition coefficient (Wildman–Crippen LogP) is 2.79. The highest BCUT2D eigenvalue weighted by Gasteiger charge is 2.30. The topological polar surface area (TPSA) is 29.1 Å². The molecule has 0 aliphatic carbocycles. The SMILES string of the molecule is O=C(NI)c1cccc(C(F)(F)F)c1. The van der Waals surface area contributed by atoms with Gasteiger partial charge in [0.05, 0.1) is 28.4 Å². The van der Waals surface area contributed by atoms with Gasteiger partial charge in [-0.2, -0.15) is 13.2 Å². The maximum Gasteiger partial charge on any atom is 0.416 e. The molecule has 0 saturated heterocycles. The van der Waals surface area contributed by atoms with E-state index in [-0.39, 0.29) is 5.56 Å². The zero-order valence-corrected chi connectivity index (χ0v) is 8.89. The smallest absolute Gasteiger partial charge is 0.295 e. The highest BCUT2D eigenvalue weighted by atomic mass is 127. The Kier molecular flexibility index (Phi) is 3.35. The minimum atomic E-state index is -4.42. The van der Waals surface area contributed by atoms with Gasteiger partial charge in [-0.05, 0) is 18.2 Å². The highest BCUT2D eigenvalue weighted by molar-refractivity contribution is 14.1. The molecule has 0 radical (unpaired) electrons. The third kappa shape index (κ3) is 2.60. The average molecular weight is 315 g/mol. The number of carbonyl (C=O) groups excluding carboxylic acids is 1. The van der Waals surface area contributed by atoms with Gasteiger partial charge >= 0.3 is 6.18 Å². The van der Waals surface area contributed by atoms with Crippen LogP contribution >= 0.6 is 22.9 Å². The first-order chi connectivity index (χ1) is 6.45. The number of nitrogens with one attached hydrogen (secondary N) is 1. The third-order valence-electron chi connectivity index (χ3n) is 1.54. The molecule has 76 valence electrons. The molecule has 1 amide bonds. The Balaban J connectivity index is 3.08. The van der Waals surface area contributed by atoms with Gasteiger partial charge in [0.25, 0.3) is 5.91 Å². The minimum Gasteiger partial charge on any atom is -0.295 e. The van der Waals surface area contributed by atoms with E-state index < -0.39 is 17.6 Å². The van der Waals surface area contributed by atoms with Crippen LogP contribution < -0.4 is 3.53 Å². The Hall–Kier alpha value is -0.790. The number of carbonyl (C=O) groups is 1. The number of benzene rings is 1. The number of hydrogen-bond donors (Lipinski definition) is 1. The Labute approximate surface area is 92.0 Å². The quantitative estimate of drug-likeness (QED) is 0.627. The number of alkyl halides is 3. The molecule has 0 saturated carbocycles. The second-order valence-corrected chi connectivity index (χ2v) is 3.04. The van der Waals surface area contributed by atoms with Crippen LogP contribution in [0.4, 0.5) is 13.2 Å². The molecule has 14 heavy (non-hydrogen) atoms. The molecule has 0 atom stereocenters. The highest BCUT2D eigenvalue weighted by Crippen LogP contribution is 2.29. The van der Waals surface area contributed by atoms with E-state index in [0.29, 0.717) is 0 Å². The first kappa shape index (κ1) is 11.3. The molecule has 1 rings (SSSR count). The average Bonchev–Trinajstić information content (AvgIpc) is 2.15. The van der Waals surface area contributed by atoms with E-state index in [9.17, 15) is 18.0 Å². The zero-order chi connectivity index (χ0) is 10.8. The van der Waals surface area contributed by atoms with Crippen LogP contribution in [0.3, 0.4) is 0 Å². The molecular weight excluding hydrogens is 310 g/mol. The van der Waals surface area contributed by atoms with Crippen molar-refractivity contribution in [2.45, 2.75) is 6.18 Å². The van der Waals surface area contributed by atoms with Crippen molar-refractivity contribution in [3.8, 4) is 0 Å². The summed E-state index contributed by atoms with van der Waals surface area (Å²) in [6.07, 6.45) is -4.42. The number of amides is 1. The Bertz CT molecular complexity index is 351. The Morgan fingerprint density at radius 3 is 2.50 bits per heavy atom. The molecule has 0 aromatic heterocycles. The molecular formula is C8H5F3INO. The summed E-state index contributed by atoms with van der Waals surface area (Å²) in [5, 5.41) is 0. The fraction of sp³-hybridized carbons (Fsp3) is 0.125. The Morgan fingerprint density at radius 2 is 2.00 bits per heavy atom. The van der Waals surface area contributed by atoms with Crippen LogP contribution in [-0.4, -0.2) is 5.91 Å².